The third-order valence-corrected chi connectivity index (χ3v) is 4.12. The molecule has 28 heavy (non-hydrogen) atoms. The molecule has 0 bridgehead atoms. The number of phenols is 1. The van der Waals surface area contributed by atoms with E-state index in [9.17, 15) is 9.90 Å². The third kappa shape index (κ3) is 5.09. The van der Waals surface area contributed by atoms with Crippen LogP contribution in [0.2, 0.25) is 10.0 Å². The quantitative estimate of drug-likeness (QED) is 0.505. The molecule has 0 unspecified atom stereocenters. The number of nitrogens with one attached hydrogen (secondary N) is 1. The Morgan fingerprint density at radius 1 is 0.964 bits per heavy atom. The number of phenolic OH excluding ortho intramolecular Hbond substituents is 1. The summed E-state index contributed by atoms with van der Waals surface area (Å²) in [6.07, 6.45) is 0. The Labute approximate surface area is 172 Å². The van der Waals surface area contributed by atoms with Crippen molar-refractivity contribution >= 4 is 34.8 Å². The van der Waals surface area contributed by atoms with Gasteiger partial charge in [0.1, 0.15) is 23.0 Å². The second-order valence-electron chi connectivity index (χ2n) is 5.80. The summed E-state index contributed by atoms with van der Waals surface area (Å²) >= 11 is 12.0. The Morgan fingerprint density at radius 3 is 2.39 bits per heavy atom. The fourth-order valence-electron chi connectivity index (χ4n) is 2.52. The van der Waals surface area contributed by atoms with Gasteiger partial charge >= 0.3 is 0 Å². The van der Waals surface area contributed by atoms with E-state index < -0.39 is 5.91 Å². The molecular weight excluding hydrogens is 401 g/mol. The van der Waals surface area contributed by atoms with Gasteiger partial charge in [-0.3, -0.25) is 4.79 Å². The Balaban J connectivity index is 1.74. The third-order valence-electron chi connectivity index (χ3n) is 3.69. The van der Waals surface area contributed by atoms with Crippen molar-refractivity contribution in [2.75, 3.05) is 11.9 Å². The second-order valence-corrected chi connectivity index (χ2v) is 6.67. The molecule has 0 aromatic heterocycles. The van der Waals surface area contributed by atoms with Gasteiger partial charge in [-0.25, -0.2) is 0 Å². The second kappa shape index (κ2) is 8.87. The van der Waals surface area contributed by atoms with Crippen molar-refractivity contribution in [3.8, 4) is 23.0 Å². The molecule has 7 heteroatoms. The lowest BCUT2D eigenvalue weighted by atomic mass is 10.1. The van der Waals surface area contributed by atoms with Gasteiger partial charge in [0.2, 0.25) is 0 Å². The average Bonchev–Trinajstić information content (AvgIpc) is 2.61. The lowest BCUT2D eigenvalue weighted by Gasteiger charge is -2.11. The topological polar surface area (TPSA) is 67.8 Å². The summed E-state index contributed by atoms with van der Waals surface area (Å²) in [6.45, 7) is 2.31. The normalized spacial score (nSPS) is 10.4. The molecule has 0 fully saturated rings. The predicted molar refractivity (Wildman–Crippen MR) is 110 cm³/mol. The number of anilines is 1. The Morgan fingerprint density at radius 2 is 1.71 bits per heavy atom. The first-order valence-electron chi connectivity index (χ1n) is 8.46. The largest absolute Gasteiger partial charge is 0.507 e. The van der Waals surface area contributed by atoms with Gasteiger partial charge in [-0.2, -0.15) is 0 Å². The standard InChI is InChI=1S/C21H17Cl2NO4/c1-2-27-16-6-7-19(20(25)12-16)21(26)24-15-4-3-5-17(11-15)28-18-9-13(22)8-14(23)10-18/h3-12,25H,2H2,1H3,(H,24,26). The molecule has 0 atom stereocenters. The molecule has 3 rings (SSSR count). The van der Waals surface area contributed by atoms with E-state index in [-0.39, 0.29) is 11.3 Å². The number of halogens is 2. The van der Waals surface area contributed by atoms with Crippen molar-refractivity contribution in [1.82, 2.24) is 0 Å². The number of ether oxygens (including phenoxy) is 2. The van der Waals surface area contributed by atoms with Crippen LogP contribution in [0.3, 0.4) is 0 Å². The van der Waals surface area contributed by atoms with Crippen molar-refractivity contribution in [3.63, 3.8) is 0 Å². The number of benzene rings is 3. The lowest BCUT2D eigenvalue weighted by Crippen LogP contribution is -2.12. The fourth-order valence-corrected chi connectivity index (χ4v) is 3.03. The van der Waals surface area contributed by atoms with Crippen molar-refractivity contribution in [3.05, 3.63) is 76.3 Å². The van der Waals surface area contributed by atoms with E-state index in [1.165, 1.54) is 12.1 Å². The molecule has 0 aliphatic carbocycles. The maximum Gasteiger partial charge on any atom is 0.259 e. The highest BCUT2D eigenvalue weighted by Crippen LogP contribution is 2.30. The van der Waals surface area contributed by atoms with Crippen LogP contribution < -0.4 is 14.8 Å². The van der Waals surface area contributed by atoms with E-state index >= 15 is 0 Å². The molecule has 0 heterocycles. The minimum Gasteiger partial charge on any atom is -0.507 e. The van der Waals surface area contributed by atoms with Crippen molar-refractivity contribution in [1.29, 1.82) is 0 Å². The number of amides is 1. The monoisotopic (exact) mass is 417 g/mol. The zero-order chi connectivity index (χ0) is 20.1. The van der Waals surface area contributed by atoms with Crippen LogP contribution in [-0.4, -0.2) is 17.6 Å². The maximum atomic E-state index is 12.5. The van der Waals surface area contributed by atoms with Crippen LogP contribution in [0.5, 0.6) is 23.0 Å². The highest BCUT2D eigenvalue weighted by atomic mass is 35.5. The van der Waals surface area contributed by atoms with Crippen LogP contribution in [0.4, 0.5) is 5.69 Å². The predicted octanol–water partition coefficient (Wildman–Crippen LogP) is 6.14. The van der Waals surface area contributed by atoms with E-state index in [0.29, 0.717) is 39.6 Å². The Kier molecular flexibility index (Phi) is 6.29. The molecule has 0 saturated heterocycles. The minimum absolute atomic E-state index is 0.136. The van der Waals surface area contributed by atoms with Crippen molar-refractivity contribution in [2.24, 2.45) is 0 Å². The summed E-state index contributed by atoms with van der Waals surface area (Å²) in [5, 5.41) is 13.7. The molecule has 0 aliphatic rings. The molecule has 5 nitrogen and oxygen atoms in total. The SMILES string of the molecule is CCOc1ccc(C(=O)Nc2cccc(Oc3cc(Cl)cc(Cl)c3)c2)c(O)c1. The van der Waals surface area contributed by atoms with Gasteiger partial charge in [0, 0.05) is 27.9 Å². The van der Waals surface area contributed by atoms with Gasteiger partial charge in [0.15, 0.2) is 0 Å². The molecular formula is C21H17Cl2NO4. The summed E-state index contributed by atoms with van der Waals surface area (Å²) in [4.78, 5) is 12.5. The van der Waals surface area contributed by atoms with Crippen LogP contribution >= 0.6 is 23.2 Å². The summed E-state index contributed by atoms with van der Waals surface area (Å²) in [5.41, 5.74) is 0.639. The van der Waals surface area contributed by atoms with E-state index in [4.69, 9.17) is 32.7 Å². The van der Waals surface area contributed by atoms with Gasteiger partial charge in [0.05, 0.1) is 12.2 Å². The maximum absolute atomic E-state index is 12.5. The summed E-state index contributed by atoms with van der Waals surface area (Å²) in [6, 6.07) is 16.2. The van der Waals surface area contributed by atoms with Gasteiger partial charge in [-0.05, 0) is 49.4 Å². The summed E-state index contributed by atoms with van der Waals surface area (Å²) in [5.74, 6) is 0.845. The van der Waals surface area contributed by atoms with Crippen molar-refractivity contribution < 1.29 is 19.4 Å². The van der Waals surface area contributed by atoms with Gasteiger partial charge in [-0.1, -0.05) is 29.3 Å². The number of hydrogen-bond acceptors (Lipinski definition) is 4. The number of rotatable bonds is 6. The summed E-state index contributed by atoms with van der Waals surface area (Å²) < 4.78 is 11.0. The number of hydrogen-bond donors (Lipinski definition) is 2. The van der Waals surface area contributed by atoms with E-state index in [1.807, 2.05) is 6.92 Å². The van der Waals surface area contributed by atoms with Gasteiger partial charge in [-0.15, -0.1) is 0 Å². The summed E-state index contributed by atoms with van der Waals surface area (Å²) in [7, 11) is 0. The zero-order valence-electron chi connectivity index (χ0n) is 14.9. The molecule has 0 radical (unpaired) electrons. The van der Waals surface area contributed by atoms with Gasteiger partial charge in [0.25, 0.3) is 5.91 Å². The first-order chi connectivity index (χ1) is 13.4. The zero-order valence-corrected chi connectivity index (χ0v) is 16.4. The Hall–Kier alpha value is -2.89. The molecule has 144 valence electrons. The van der Waals surface area contributed by atoms with E-state index in [1.54, 1.807) is 48.5 Å². The minimum atomic E-state index is -0.455. The highest BCUT2D eigenvalue weighted by Gasteiger charge is 2.13. The lowest BCUT2D eigenvalue weighted by molar-refractivity contribution is 0.102. The number of carbonyl (C=O) groups is 1. The highest BCUT2D eigenvalue weighted by molar-refractivity contribution is 6.34. The smallest absolute Gasteiger partial charge is 0.259 e. The average molecular weight is 418 g/mol. The van der Waals surface area contributed by atoms with Crippen LogP contribution in [-0.2, 0) is 0 Å². The fraction of sp³-hybridized carbons (Fsp3) is 0.0952. The van der Waals surface area contributed by atoms with Crippen LogP contribution in [0.25, 0.3) is 0 Å². The molecule has 3 aromatic carbocycles. The Bertz CT molecular complexity index is 987. The van der Waals surface area contributed by atoms with E-state index in [2.05, 4.69) is 5.32 Å². The number of carbonyl (C=O) groups excluding carboxylic acids is 1. The van der Waals surface area contributed by atoms with E-state index in [0.717, 1.165) is 0 Å². The molecule has 0 saturated carbocycles. The first-order valence-corrected chi connectivity index (χ1v) is 9.21. The number of aromatic hydroxyl groups is 1. The molecule has 3 aromatic rings. The van der Waals surface area contributed by atoms with Gasteiger partial charge < -0.3 is 19.9 Å². The van der Waals surface area contributed by atoms with Crippen molar-refractivity contribution in [2.45, 2.75) is 6.92 Å². The molecule has 1 amide bonds. The van der Waals surface area contributed by atoms with Crippen LogP contribution in [0.15, 0.2) is 60.7 Å². The van der Waals surface area contributed by atoms with Crippen LogP contribution in [0, 0.1) is 0 Å². The first kappa shape index (κ1) is 19.9. The van der Waals surface area contributed by atoms with Crippen LogP contribution in [0.1, 0.15) is 17.3 Å². The molecule has 0 spiro atoms. The molecule has 0 aliphatic heterocycles. The molecule has 2 N–H and O–H groups in total.